The van der Waals surface area contributed by atoms with Crippen LogP contribution in [-0.2, 0) is 6.18 Å². The van der Waals surface area contributed by atoms with E-state index < -0.39 is 30.4 Å². The first-order valence-corrected chi connectivity index (χ1v) is 9.77. The number of nitrogens with one attached hydrogen (secondary N) is 1. The van der Waals surface area contributed by atoms with Gasteiger partial charge in [0.25, 0.3) is 5.91 Å². The summed E-state index contributed by atoms with van der Waals surface area (Å²) in [6.07, 6.45) is -6.38. The first-order chi connectivity index (χ1) is 15.9. The Morgan fingerprint density at radius 2 is 1.82 bits per heavy atom. The summed E-state index contributed by atoms with van der Waals surface area (Å²) in [5.74, 6) is -1.09. The van der Waals surface area contributed by atoms with Crippen LogP contribution in [0.5, 0.6) is 0 Å². The lowest BCUT2D eigenvalue weighted by Crippen LogP contribution is -2.34. The Labute approximate surface area is 188 Å². The third-order valence-corrected chi connectivity index (χ3v) is 4.83. The summed E-state index contributed by atoms with van der Waals surface area (Å²) in [6, 6.07) is 9.48. The molecular formula is C22H15F6N5O. The molecule has 1 N–H and O–H groups in total. The SMILES string of the molecule is Cc1cc(-n2nc(C(=O)NCC(F)(F)F)cc2-c2cccnc2)c2cccc(C(F)(F)F)c2n1. The van der Waals surface area contributed by atoms with Crippen LogP contribution in [0.1, 0.15) is 21.7 Å². The highest BCUT2D eigenvalue weighted by molar-refractivity contribution is 5.95. The number of nitrogens with zero attached hydrogens (tertiary/aromatic N) is 4. The van der Waals surface area contributed by atoms with Gasteiger partial charge in [-0.1, -0.05) is 12.1 Å². The van der Waals surface area contributed by atoms with E-state index in [1.165, 1.54) is 48.3 Å². The summed E-state index contributed by atoms with van der Waals surface area (Å²) in [7, 11) is 0. The first-order valence-electron chi connectivity index (χ1n) is 9.77. The molecule has 4 aromatic rings. The van der Waals surface area contributed by atoms with Crippen LogP contribution in [0.2, 0.25) is 0 Å². The molecule has 0 bridgehead atoms. The number of rotatable bonds is 4. The van der Waals surface area contributed by atoms with Gasteiger partial charge in [-0.15, -0.1) is 0 Å². The van der Waals surface area contributed by atoms with E-state index in [9.17, 15) is 31.1 Å². The van der Waals surface area contributed by atoms with Crippen molar-refractivity contribution in [1.82, 2.24) is 25.1 Å². The van der Waals surface area contributed by atoms with Gasteiger partial charge in [0.2, 0.25) is 0 Å². The van der Waals surface area contributed by atoms with Gasteiger partial charge in [0.1, 0.15) is 6.54 Å². The minimum Gasteiger partial charge on any atom is -0.342 e. The van der Waals surface area contributed by atoms with Gasteiger partial charge >= 0.3 is 12.4 Å². The molecule has 0 aliphatic heterocycles. The average molecular weight is 479 g/mol. The Kier molecular flexibility index (Phi) is 5.75. The summed E-state index contributed by atoms with van der Waals surface area (Å²) < 4.78 is 79.7. The molecule has 0 radical (unpaired) electrons. The highest BCUT2D eigenvalue weighted by atomic mass is 19.4. The second kappa shape index (κ2) is 8.43. The smallest absolute Gasteiger partial charge is 0.342 e. The fraction of sp³-hybridized carbons (Fsp3) is 0.182. The highest BCUT2D eigenvalue weighted by Crippen LogP contribution is 2.36. The van der Waals surface area contributed by atoms with Gasteiger partial charge in [0, 0.05) is 29.0 Å². The number of halogens is 6. The van der Waals surface area contributed by atoms with Crippen molar-refractivity contribution in [1.29, 1.82) is 0 Å². The molecule has 1 aromatic carbocycles. The van der Waals surface area contributed by atoms with Crippen molar-refractivity contribution < 1.29 is 31.1 Å². The van der Waals surface area contributed by atoms with Gasteiger partial charge in [-0.2, -0.15) is 31.4 Å². The predicted molar refractivity (Wildman–Crippen MR) is 110 cm³/mol. The van der Waals surface area contributed by atoms with Crippen molar-refractivity contribution >= 4 is 16.8 Å². The number of aryl methyl sites for hydroxylation is 1. The zero-order valence-corrected chi connectivity index (χ0v) is 17.4. The van der Waals surface area contributed by atoms with E-state index in [-0.39, 0.29) is 33.7 Å². The van der Waals surface area contributed by atoms with Crippen molar-refractivity contribution in [3.8, 4) is 16.9 Å². The number of pyridine rings is 2. The van der Waals surface area contributed by atoms with Crippen LogP contribution in [0.15, 0.2) is 54.9 Å². The van der Waals surface area contributed by atoms with Crippen LogP contribution in [-0.4, -0.2) is 38.4 Å². The van der Waals surface area contributed by atoms with Crippen LogP contribution >= 0.6 is 0 Å². The number of alkyl halides is 6. The van der Waals surface area contributed by atoms with Gasteiger partial charge < -0.3 is 5.32 Å². The van der Waals surface area contributed by atoms with E-state index in [1.54, 1.807) is 17.4 Å². The van der Waals surface area contributed by atoms with Crippen molar-refractivity contribution in [3.05, 3.63) is 71.8 Å². The molecule has 0 aliphatic carbocycles. The quantitative estimate of drug-likeness (QED) is 0.414. The van der Waals surface area contributed by atoms with Gasteiger partial charge in [-0.3, -0.25) is 14.8 Å². The number of carbonyl (C=O) groups excluding carboxylic acids is 1. The fourth-order valence-electron chi connectivity index (χ4n) is 3.43. The van der Waals surface area contributed by atoms with Gasteiger partial charge in [0.15, 0.2) is 5.69 Å². The van der Waals surface area contributed by atoms with Crippen molar-refractivity contribution in [3.63, 3.8) is 0 Å². The Bertz CT molecular complexity index is 1360. The predicted octanol–water partition coefficient (Wildman–Crippen LogP) is 5.10. The molecule has 0 saturated carbocycles. The molecule has 6 nitrogen and oxygen atoms in total. The minimum absolute atomic E-state index is 0.0934. The highest BCUT2D eigenvalue weighted by Gasteiger charge is 2.34. The molecule has 34 heavy (non-hydrogen) atoms. The standard InChI is InChI=1S/C22H15F6N5O/c1-12-8-18(14-5-2-6-15(19(14)31-12)22(26,27)28)33-17(13-4-3-7-29-10-13)9-16(32-33)20(34)30-11-21(23,24)25/h2-10H,11H2,1H3,(H,30,34). The normalized spacial score (nSPS) is 12.2. The second-order valence-electron chi connectivity index (χ2n) is 7.35. The van der Waals surface area contributed by atoms with Gasteiger partial charge in [0.05, 0.1) is 22.5 Å². The molecule has 0 aliphatic rings. The summed E-state index contributed by atoms with van der Waals surface area (Å²) >= 11 is 0. The molecule has 3 heterocycles. The maximum absolute atomic E-state index is 13.6. The Morgan fingerprint density at radius 1 is 1.06 bits per heavy atom. The molecule has 12 heteroatoms. The fourth-order valence-corrected chi connectivity index (χ4v) is 3.43. The third-order valence-electron chi connectivity index (χ3n) is 4.83. The van der Waals surface area contributed by atoms with Crippen LogP contribution in [0.4, 0.5) is 26.3 Å². The molecular weight excluding hydrogens is 464 g/mol. The Morgan fingerprint density at radius 3 is 2.47 bits per heavy atom. The van der Waals surface area contributed by atoms with Crippen LogP contribution in [0.25, 0.3) is 27.8 Å². The van der Waals surface area contributed by atoms with E-state index in [0.29, 0.717) is 5.56 Å². The summed E-state index contributed by atoms with van der Waals surface area (Å²) in [5.41, 5.74) is -0.516. The largest absolute Gasteiger partial charge is 0.418 e. The van der Waals surface area contributed by atoms with E-state index in [2.05, 4.69) is 15.1 Å². The van der Waals surface area contributed by atoms with Gasteiger partial charge in [-0.25, -0.2) is 4.68 Å². The topological polar surface area (TPSA) is 72.7 Å². The number of para-hydroxylation sites is 1. The third kappa shape index (κ3) is 4.70. The second-order valence-corrected chi connectivity index (χ2v) is 7.35. The van der Waals surface area contributed by atoms with E-state index in [1.807, 2.05) is 0 Å². The molecule has 0 atom stereocenters. The lowest BCUT2D eigenvalue weighted by molar-refractivity contribution is -0.136. The molecule has 0 spiro atoms. The van der Waals surface area contributed by atoms with E-state index in [0.717, 1.165) is 6.07 Å². The summed E-state index contributed by atoms with van der Waals surface area (Å²) in [4.78, 5) is 20.4. The number of amides is 1. The minimum atomic E-state index is -4.67. The molecule has 176 valence electrons. The molecule has 4 rings (SSSR count). The van der Waals surface area contributed by atoms with E-state index in [4.69, 9.17) is 0 Å². The number of carbonyl (C=O) groups is 1. The molecule has 1 amide bonds. The first kappa shape index (κ1) is 23.2. The number of hydrogen-bond acceptors (Lipinski definition) is 4. The van der Waals surface area contributed by atoms with Gasteiger partial charge in [-0.05, 0) is 37.3 Å². The lowest BCUT2D eigenvalue weighted by Gasteiger charge is -2.15. The Hall–Kier alpha value is -3.96. The average Bonchev–Trinajstić information content (AvgIpc) is 3.21. The number of hydrogen-bond donors (Lipinski definition) is 1. The van der Waals surface area contributed by atoms with Crippen LogP contribution in [0, 0.1) is 6.92 Å². The summed E-state index contributed by atoms with van der Waals surface area (Å²) in [5, 5.41) is 5.98. The molecule has 0 fully saturated rings. The zero-order valence-electron chi connectivity index (χ0n) is 17.4. The van der Waals surface area contributed by atoms with E-state index >= 15 is 0 Å². The molecule has 0 saturated heterocycles. The lowest BCUT2D eigenvalue weighted by atomic mass is 10.1. The maximum Gasteiger partial charge on any atom is 0.418 e. The molecule has 0 unspecified atom stereocenters. The zero-order chi connectivity index (χ0) is 24.7. The van der Waals surface area contributed by atoms with Crippen molar-refractivity contribution in [2.24, 2.45) is 0 Å². The summed E-state index contributed by atoms with van der Waals surface area (Å²) in [6.45, 7) is -0.0621. The Balaban J connectivity index is 1.94. The monoisotopic (exact) mass is 479 g/mol. The van der Waals surface area contributed by atoms with Crippen LogP contribution in [0.3, 0.4) is 0 Å². The number of benzene rings is 1. The molecule has 3 aromatic heterocycles. The van der Waals surface area contributed by atoms with Crippen molar-refractivity contribution in [2.75, 3.05) is 6.54 Å². The number of aromatic nitrogens is 4. The van der Waals surface area contributed by atoms with Crippen LogP contribution < -0.4 is 5.32 Å². The van der Waals surface area contributed by atoms with Crippen molar-refractivity contribution in [2.45, 2.75) is 19.3 Å². The maximum atomic E-state index is 13.6. The number of fused-ring (bicyclic) bond motifs is 1.